The number of fused-ring (bicyclic) bond motifs is 1. The summed E-state index contributed by atoms with van der Waals surface area (Å²) in [7, 11) is 3.56. The number of imidazole rings is 1. The number of hydrogen-bond donors (Lipinski definition) is 1. The molecule has 3 atom stereocenters. The van der Waals surface area contributed by atoms with Gasteiger partial charge in [-0.3, -0.25) is 9.13 Å². The monoisotopic (exact) mass is 353 g/mol. The molecule has 1 saturated heterocycles. The number of halogens is 1. The zero-order valence-corrected chi connectivity index (χ0v) is 14.1. The zero-order chi connectivity index (χ0) is 15.3. The summed E-state index contributed by atoms with van der Waals surface area (Å²) in [6.07, 6.45) is 2.32. The quantitative estimate of drug-likeness (QED) is 0.900. The molecular weight excluding hydrogens is 334 g/mol. The Morgan fingerprint density at radius 3 is 2.48 bits per heavy atom. The Kier molecular flexibility index (Phi) is 3.71. The fraction of sp³-hybridized carbons (Fsp3) is 0.533. The second kappa shape index (κ2) is 5.26. The van der Waals surface area contributed by atoms with E-state index in [-0.39, 0.29) is 23.9 Å². The van der Waals surface area contributed by atoms with E-state index in [1.165, 1.54) is 0 Å². The molecule has 2 heterocycles. The third kappa shape index (κ3) is 2.35. The van der Waals surface area contributed by atoms with Crippen molar-refractivity contribution in [2.24, 2.45) is 19.8 Å². The van der Waals surface area contributed by atoms with Crippen LogP contribution in [0.2, 0.25) is 0 Å². The first-order chi connectivity index (χ1) is 9.90. The largest absolute Gasteiger partial charge is 0.373 e. The average Bonchev–Trinajstić information content (AvgIpc) is 2.97. The number of aryl methyl sites for hydroxylation is 2. The highest BCUT2D eigenvalue weighted by Crippen LogP contribution is 2.34. The Morgan fingerprint density at radius 2 is 1.90 bits per heavy atom. The Bertz CT molecular complexity index is 749. The number of rotatable bonds is 2. The van der Waals surface area contributed by atoms with Crippen molar-refractivity contribution in [3.8, 4) is 0 Å². The first-order valence-corrected chi connectivity index (χ1v) is 7.95. The van der Waals surface area contributed by atoms with Crippen LogP contribution in [0.5, 0.6) is 0 Å². The summed E-state index contributed by atoms with van der Waals surface area (Å²) in [5.41, 5.74) is 9.14. The van der Waals surface area contributed by atoms with Crippen LogP contribution in [0.15, 0.2) is 21.4 Å². The molecule has 0 radical (unpaired) electrons. The van der Waals surface area contributed by atoms with Crippen LogP contribution in [0.25, 0.3) is 11.0 Å². The number of hydrogen-bond acceptors (Lipinski definition) is 3. The summed E-state index contributed by atoms with van der Waals surface area (Å²) in [6, 6.07) is 3.77. The molecule has 2 aromatic rings. The van der Waals surface area contributed by atoms with Gasteiger partial charge in [0.15, 0.2) is 0 Å². The predicted octanol–water partition coefficient (Wildman–Crippen LogP) is 2.21. The molecular formula is C15H20BrN3O2. The lowest BCUT2D eigenvalue weighted by molar-refractivity contribution is 0.0400. The minimum atomic E-state index is -0.191. The van der Waals surface area contributed by atoms with Gasteiger partial charge in [0.2, 0.25) is 0 Å². The summed E-state index contributed by atoms with van der Waals surface area (Å²) in [5, 5.41) is 0. The van der Waals surface area contributed by atoms with Gasteiger partial charge in [-0.2, -0.15) is 0 Å². The Hall–Kier alpha value is -1.11. The van der Waals surface area contributed by atoms with Crippen molar-refractivity contribution in [1.29, 1.82) is 0 Å². The average molecular weight is 354 g/mol. The molecule has 1 aromatic heterocycles. The second-order valence-electron chi connectivity index (χ2n) is 5.85. The van der Waals surface area contributed by atoms with Crippen LogP contribution >= 0.6 is 15.9 Å². The van der Waals surface area contributed by atoms with Crippen molar-refractivity contribution in [2.75, 3.05) is 0 Å². The SMILES string of the molecule is CC1CCC(C(N)c2cc3c(cc2Br)n(C)c(=O)n3C)O1. The highest BCUT2D eigenvalue weighted by atomic mass is 79.9. The summed E-state index contributed by atoms with van der Waals surface area (Å²) >= 11 is 3.59. The van der Waals surface area contributed by atoms with E-state index in [2.05, 4.69) is 22.9 Å². The lowest BCUT2D eigenvalue weighted by Crippen LogP contribution is -2.26. The van der Waals surface area contributed by atoms with Gasteiger partial charge < -0.3 is 10.5 Å². The van der Waals surface area contributed by atoms with E-state index >= 15 is 0 Å². The van der Waals surface area contributed by atoms with Crippen LogP contribution in [-0.4, -0.2) is 21.3 Å². The summed E-state index contributed by atoms with van der Waals surface area (Å²) in [6.45, 7) is 2.08. The van der Waals surface area contributed by atoms with E-state index < -0.39 is 0 Å². The summed E-state index contributed by atoms with van der Waals surface area (Å²) in [5.74, 6) is 0. The van der Waals surface area contributed by atoms with Gasteiger partial charge in [-0.1, -0.05) is 15.9 Å². The lowest BCUT2D eigenvalue weighted by atomic mass is 9.99. The molecule has 6 heteroatoms. The molecule has 114 valence electrons. The van der Waals surface area contributed by atoms with E-state index in [1.54, 1.807) is 23.2 Å². The van der Waals surface area contributed by atoms with Gasteiger partial charge in [-0.25, -0.2) is 4.79 Å². The Labute approximate surface area is 131 Å². The molecule has 1 fully saturated rings. The summed E-state index contributed by atoms with van der Waals surface area (Å²) in [4.78, 5) is 12.0. The number of nitrogens with zero attached hydrogens (tertiary/aromatic N) is 2. The highest BCUT2D eigenvalue weighted by Gasteiger charge is 2.29. The highest BCUT2D eigenvalue weighted by molar-refractivity contribution is 9.10. The Balaban J connectivity index is 2.09. The molecule has 0 amide bonds. The van der Waals surface area contributed by atoms with E-state index in [9.17, 15) is 4.79 Å². The minimum Gasteiger partial charge on any atom is -0.373 e. The van der Waals surface area contributed by atoms with E-state index in [4.69, 9.17) is 10.5 Å². The molecule has 5 nitrogen and oxygen atoms in total. The molecule has 0 aliphatic carbocycles. The maximum atomic E-state index is 12.0. The van der Waals surface area contributed by atoms with Crippen molar-refractivity contribution >= 4 is 27.0 Å². The normalized spacial score (nSPS) is 23.9. The minimum absolute atomic E-state index is 0.0339. The van der Waals surface area contributed by atoms with Gasteiger partial charge in [0.25, 0.3) is 0 Å². The predicted molar refractivity (Wildman–Crippen MR) is 86.4 cm³/mol. The van der Waals surface area contributed by atoms with Crippen LogP contribution < -0.4 is 11.4 Å². The molecule has 0 bridgehead atoms. The molecule has 2 N–H and O–H groups in total. The van der Waals surface area contributed by atoms with Gasteiger partial charge in [-0.05, 0) is 37.5 Å². The van der Waals surface area contributed by atoms with Gasteiger partial charge in [0.1, 0.15) is 0 Å². The molecule has 1 aromatic carbocycles. The van der Waals surface area contributed by atoms with Gasteiger partial charge in [0.05, 0.1) is 29.3 Å². The fourth-order valence-electron chi connectivity index (χ4n) is 3.09. The molecule has 0 spiro atoms. The summed E-state index contributed by atoms with van der Waals surface area (Å²) < 4.78 is 10.1. The molecule has 1 aliphatic heterocycles. The number of nitrogens with two attached hydrogens (primary N) is 1. The maximum absolute atomic E-state index is 12.0. The molecule has 0 saturated carbocycles. The van der Waals surface area contributed by atoms with Crippen molar-refractivity contribution < 1.29 is 4.74 Å². The van der Waals surface area contributed by atoms with Crippen molar-refractivity contribution in [1.82, 2.24) is 9.13 Å². The van der Waals surface area contributed by atoms with Crippen LogP contribution in [0.4, 0.5) is 0 Å². The number of benzene rings is 1. The topological polar surface area (TPSA) is 62.2 Å². The Morgan fingerprint density at radius 1 is 1.29 bits per heavy atom. The van der Waals surface area contributed by atoms with Crippen molar-refractivity contribution in [2.45, 2.75) is 38.0 Å². The van der Waals surface area contributed by atoms with Gasteiger partial charge in [0, 0.05) is 18.6 Å². The third-order valence-electron chi connectivity index (χ3n) is 4.41. The van der Waals surface area contributed by atoms with E-state index in [0.717, 1.165) is 33.9 Å². The standard InChI is InChI=1S/C15H20BrN3O2/c1-8-4-5-13(21-8)14(17)9-6-11-12(7-10(9)16)19(3)15(20)18(11)2/h6-8,13-14H,4-5,17H2,1-3H3. The first kappa shape index (κ1) is 14.8. The van der Waals surface area contributed by atoms with Crippen LogP contribution in [-0.2, 0) is 18.8 Å². The zero-order valence-electron chi connectivity index (χ0n) is 12.5. The molecule has 1 aliphatic rings. The van der Waals surface area contributed by atoms with Crippen molar-refractivity contribution in [3.05, 3.63) is 32.7 Å². The smallest absolute Gasteiger partial charge is 0.328 e. The van der Waals surface area contributed by atoms with Crippen LogP contribution in [0, 0.1) is 0 Å². The van der Waals surface area contributed by atoms with E-state index in [0.29, 0.717) is 0 Å². The lowest BCUT2D eigenvalue weighted by Gasteiger charge is -2.21. The van der Waals surface area contributed by atoms with Crippen LogP contribution in [0.1, 0.15) is 31.4 Å². The van der Waals surface area contributed by atoms with E-state index in [1.807, 2.05) is 12.1 Å². The fourth-order valence-corrected chi connectivity index (χ4v) is 3.68. The maximum Gasteiger partial charge on any atom is 0.328 e. The first-order valence-electron chi connectivity index (χ1n) is 7.16. The molecule has 3 rings (SSSR count). The van der Waals surface area contributed by atoms with Crippen molar-refractivity contribution in [3.63, 3.8) is 0 Å². The molecule has 3 unspecified atom stereocenters. The van der Waals surface area contributed by atoms with Gasteiger partial charge in [-0.15, -0.1) is 0 Å². The third-order valence-corrected chi connectivity index (χ3v) is 5.10. The molecule has 21 heavy (non-hydrogen) atoms. The van der Waals surface area contributed by atoms with Gasteiger partial charge >= 0.3 is 5.69 Å². The van der Waals surface area contributed by atoms with Crippen LogP contribution in [0.3, 0.4) is 0 Å². The second-order valence-corrected chi connectivity index (χ2v) is 6.71. The number of aromatic nitrogens is 2. The number of ether oxygens (including phenoxy) is 1.